The molecule has 3 N–H and O–H groups in total. The number of nitrogens with one attached hydrogen (secondary N) is 3. The minimum Gasteiger partial charge on any atom is -0.372 e. The number of carbonyl (C=O) groups is 2. The fourth-order valence-corrected chi connectivity index (χ4v) is 3.26. The van der Waals surface area contributed by atoms with Crippen LogP contribution in [0, 0.1) is 5.92 Å². The molecule has 2 amide bonds. The lowest BCUT2D eigenvalue weighted by Gasteiger charge is -2.23. The van der Waals surface area contributed by atoms with E-state index >= 15 is 0 Å². The summed E-state index contributed by atoms with van der Waals surface area (Å²) in [6.07, 6.45) is 0. The molecule has 6 nitrogen and oxygen atoms in total. The Morgan fingerprint density at radius 3 is 2.07 bits per heavy atom. The van der Waals surface area contributed by atoms with Crippen molar-refractivity contribution in [1.29, 1.82) is 0 Å². The van der Waals surface area contributed by atoms with Crippen LogP contribution in [0.3, 0.4) is 0 Å². The van der Waals surface area contributed by atoms with E-state index in [0.717, 1.165) is 24.3 Å². The summed E-state index contributed by atoms with van der Waals surface area (Å²) in [5, 5.41) is 3.26. The van der Waals surface area contributed by atoms with Crippen molar-refractivity contribution in [3.05, 3.63) is 65.7 Å². The molecule has 2 rings (SSSR count). The fraction of sp³-hybridized carbons (Fsp3) is 0.391. The van der Waals surface area contributed by atoms with E-state index in [2.05, 4.69) is 48.8 Å². The van der Waals surface area contributed by atoms with Gasteiger partial charge in [-0.2, -0.15) is 0 Å². The van der Waals surface area contributed by atoms with E-state index in [1.54, 1.807) is 12.1 Å². The van der Waals surface area contributed by atoms with Gasteiger partial charge >= 0.3 is 0 Å². The second kappa shape index (κ2) is 11.2. The molecule has 0 heterocycles. The van der Waals surface area contributed by atoms with Crippen molar-refractivity contribution in [2.24, 2.45) is 5.92 Å². The zero-order valence-electron chi connectivity index (χ0n) is 17.7. The van der Waals surface area contributed by atoms with E-state index in [-0.39, 0.29) is 24.4 Å². The number of carbonyl (C=O) groups excluding carboxylic acids is 2. The van der Waals surface area contributed by atoms with Crippen LogP contribution in [0.25, 0.3) is 0 Å². The quantitative estimate of drug-likeness (QED) is 0.569. The van der Waals surface area contributed by atoms with Gasteiger partial charge in [-0.1, -0.05) is 44.2 Å². The van der Waals surface area contributed by atoms with Crippen molar-refractivity contribution in [3.63, 3.8) is 0 Å². The summed E-state index contributed by atoms with van der Waals surface area (Å²) in [6, 6.07) is 17.4. The first-order chi connectivity index (χ1) is 14.0. The van der Waals surface area contributed by atoms with Crippen molar-refractivity contribution in [1.82, 2.24) is 16.2 Å². The van der Waals surface area contributed by atoms with Crippen molar-refractivity contribution in [3.8, 4) is 0 Å². The van der Waals surface area contributed by atoms with E-state index in [1.165, 1.54) is 0 Å². The standard InChI is InChI=1S/C23H32N4O2/c1-5-27(6-2)20-14-12-19(13-15-20)23(29)26-25-21(28)16-24-22(17(3)4)18-10-8-7-9-11-18/h7-15,17,22,24H,5-6,16H2,1-4H3,(H,25,28)(H,26,29)/t22-/m1/s1. The predicted molar refractivity (Wildman–Crippen MR) is 118 cm³/mol. The first kappa shape index (κ1) is 22.4. The SMILES string of the molecule is CCN(CC)c1ccc(C(=O)NNC(=O)CN[C@@H](c2ccccc2)C(C)C)cc1. The Bertz CT molecular complexity index is 771. The summed E-state index contributed by atoms with van der Waals surface area (Å²) in [4.78, 5) is 26.6. The van der Waals surface area contributed by atoms with Crippen LogP contribution in [0.2, 0.25) is 0 Å². The molecular weight excluding hydrogens is 364 g/mol. The van der Waals surface area contributed by atoms with Crippen molar-refractivity contribution >= 4 is 17.5 Å². The summed E-state index contributed by atoms with van der Waals surface area (Å²) in [6.45, 7) is 10.3. The maximum Gasteiger partial charge on any atom is 0.269 e. The summed E-state index contributed by atoms with van der Waals surface area (Å²) >= 11 is 0. The average Bonchev–Trinajstić information content (AvgIpc) is 2.74. The highest BCUT2D eigenvalue weighted by Gasteiger charge is 2.16. The molecule has 0 saturated carbocycles. The molecule has 0 aliphatic carbocycles. The van der Waals surface area contributed by atoms with Gasteiger partial charge < -0.3 is 10.2 Å². The van der Waals surface area contributed by atoms with E-state index in [1.807, 2.05) is 42.5 Å². The molecule has 0 fully saturated rings. The Morgan fingerprint density at radius 2 is 1.52 bits per heavy atom. The number of amides is 2. The molecular formula is C23H32N4O2. The second-order valence-electron chi connectivity index (χ2n) is 7.23. The predicted octanol–water partition coefficient (Wildman–Crippen LogP) is 3.28. The van der Waals surface area contributed by atoms with E-state index in [0.29, 0.717) is 11.5 Å². The van der Waals surface area contributed by atoms with Gasteiger partial charge in [0.05, 0.1) is 6.54 Å². The molecule has 6 heteroatoms. The highest BCUT2D eigenvalue weighted by atomic mass is 16.2. The minimum absolute atomic E-state index is 0.0604. The Morgan fingerprint density at radius 1 is 0.897 bits per heavy atom. The number of hydrogen-bond donors (Lipinski definition) is 3. The highest BCUT2D eigenvalue weighted by molar-refractivity contribution is 5.95. The van der Waals surface area contributed by atoms with Gasteiger partial charge in [0.15, 0.2) is 0 Å². The first-order valence-corrected chi connectivity index (χ1v) is 10.2. The van der Waals surface area contributed by atoms with Crippen LogP contribution in [0.4, 0.5) is 5.69 Å². The van der Waals surface area contributed by atoms with Gasteiger partial charge in [0.25, 0.3) is 11.8 Å². The van der Waals surface area contributed by atoms with Gasteiger partial charge in [-0.3, -0.25) is 20.4 Å². The zero-order chi connectivity index (χ0) is 21.2. The number of benzene rings is 2. The zero-order valence-corrected chi connectivity index (χ0v) is 17.7. The number of anilines is 1. The lowest BCUT2D eigenvalue weighted by molar-refractivity contribution is -0.121. The van der Waals surface area contributed by atoms with Crippen LogP contribution in [0.15, 0.2) is 54.6 Å². The molecule has 156 valence electrons. The Labute approximate surface area is 173 Å². The molecule has 0 unspecified atom stereocenters. The van der Waals surface area contributed by atoms with Gasteiger partial charge in [0.1, 0.15) is 0 Å². The number of rotatable bonds is 9. The molecule has 1 atom stereocenters. The van der Waals surface area contributed by atoms with Crippen molar-refractivity contribution in [2.75, 3.05) is 24.5 Å². The van der Waals surface area contributed by atoms with Gasteiger partial charge in [0, 0.05) is 30.4 Å². The maximum atomic E-state index is 12.3. The minimum atomic E-state index is -0.340. The van der Waals surface area contributed by atoms with Crippen LogP contribution in [0.1, 0.15) is 49.7 Å². The Balaban J connectivity index is 1.84. The molecule has 0 radical (unpaired) electrons. The van der Waals surface area contributed by atoms with Crippen LogP contribution in [-0.2, 0) is 4.79 Å². The topological polar surface area (TPSA) is 73.5 Å². The Kier molecular flexibility index (Phi) is 8.68. The van der Waals surface area contributed by atoms with Crippen molar-refractivity contribution in [2.45, 2.75) is 33.7 Å². The van der Waals surface area contributed by atoms with E-state index in [4.69, 9.17) is 0 Å². The average molecular weight is 397 g/mol. The summed E-state index contributed by atoms with van der Waals surface area (Å²) in [7, 11) is 0. The second-order valence-corrected chi connectivity index (χ2v) is 7.23. The molecule has 0 aliphatic rings. The molecule has 0 spiro atoms. The summed E-state index contributed by atoms with van der Waals surface area (Å²) in [5.41, 5.74) is 7.65. The third-order valence-electron chi connectivity index (χ3n) is 4.88. The fourth-order valence-electron chi connectivity index (χ4n) is 3.26. The van der Waals surface area contributed by atoms with Crippen LogP contribution < -0.4 is 21.1 Å². The largest absolute Gasteiger partial charge is 0.372 e. The maximum absolute atomic E-state index is 12.3. The Hall–Kier alpha value is -2.86. The molecule has 29 heavy (non-hydrogen) atoms. The smallest absolute Gasteiger partial charge is 0.269 e. The van der Waals surface area contributed by atoms with Gasteiger partial charge in [-0.05, 0) is 49.6 Å². The number of hydrogen-bond acceptors (Lipinski definition) is 4. The van der Waals surface area contributed by atoms with Gasteiger partial charge in [-0.25, -0.2) is 0 Å². The van der Waals surface area contributed by atoms with E-state index in [9.17, 15) is 9.59 Å². The van der Waals surface area contributed by atoms with E-state index < -0.39 is 0 Å². The molecule has 2 aromatic carbocycles. The molecule has 0 aromatic heterocycles. The third-order valence-corrected chi connectivity index (χ3v) is 4.88. The lowest BCUT2D eigenvalue weighted by Crippen LogP contribution is -2.46. The van der Waals surface area contributed by atoms with Crippen LogP contribution in [0.5, 0.6) is 0 Å². The third kappa shape index (κ3) is 6.61. The van der Waals surface area contributed by atoms with Gasteiger partial charge in [-0.15, -0.1) is 0 Å². The summed E-state index contributed by atoms with van der Waals surface area (Å²) < 4.78 is 0. The highest BCUT2D eigenvalue weighted by Crippen LogP contribution is 2.20. The van der Waals surface area contributed by atoms with Crippen LogP contribution in [-0.4, -0.2) is 31.4 Å². The van der Waals surface area contributed by atoms with Crippen LogP contribution >= 0.6 is 0 Å². The molecule has 2 aromatic rings. The normalized spacial score (nSPS) is 11.8. The number of hydrazine groups is 1. The van der Waals surface area contributed by atoms with Crippen molar-refractivity contribution < 1.29 is 9.59 Å². The molecule has 0 saturated heterocycles. The van der Waals surface area contributed by atoms with Gasteiger partial charge in [0.2, 0.25) is 0 Å². The monoisotopic (exact) mass is 396 g/mol. The summed E-state index contributed by atoms with van der Waals surface area (Å²) in [5.74, 6) is -0.309. The number of nitrogens with zero attached hydrogens (tertiary/aromatic N) is 1. The molecule has 0 aliphatic heterocycles. The molecule has 0 bridgehead atoms. The lowest BCUT2D eigenvalue weighted by atomic mass is 9.96. The first-order valence-electron chi connectivity index (χ1n) is 10.2.